The van der Waals surface area contributed by atoms with Gasteiger partial charge in [-0.3, -0.25) is 14.4 Å². The van der Waals surface area contributed by atoms with Gasteiger partial charge in [0.1, 0.15) is 6.54 Å². The average molecular weight is 443 g/mol. The van der Waals surface area contributed by atoms with Crippen LogP contribution >= 0.6 is 11.6 Å². The van der Waals surface area contributed by atoms with E-state index < -0.39 is 42.2 Å². The van der Waals surface area contributed by atoms with E-state index in [-0.39, 0.29) is 12.1 Å². The molecule has 0 heterocycles. The monoisotopic (exact) mass is 442 g/mol. The first-order chi connectivity index (χ1) is 14.1. The number of benzene rings is 2. The Morgan fingerprint density at radius 3 is 2.17 bits per heavy atom. The summed E-state index contributed by atoms with van der Waals surface area (Å²) in [5, 5.41) is 5.38. The van der Waals surface area contributed by atoms with E-state index in [9.17, 15) is 27.6 Å². The van der Waals surface area contributed by atoms with E-state index >= 15 is 0 Å². The van der Waals surface area contributed by atoms with Gasteiger partial charge in [0.25, 0.3) is 11.8 Å². The van der Waals surface area contributed by atoms with E-state index in [1.54, 1.807) is 24.3 Å². The Bertz CT molecular complexity index is 900. The van der Waals surface area contributed by atoms with Crippen molar-refractivity contribution < 1.29 is 32.3 Å². The standard InChI is InChI=1S/C20H18ClF3N2O4/c1-12(18(28)25-10-13-2-8-16(21)9-3-13)30-17(27)11-26-19(29)14-4-6-15(7-5-14)20(22,23)24/h2-9,12H,10-11H2,1H3,(H,25,28)(H,26,29). The largest absolute Gasteiger partial charge is 0.451 e. The molecule has 0 saturated carbocycles. The van der Waals surface area contributed by atoms with Crippen molar-refractivity contribution in [2.45, 2.75) is 25.7 Å². The molecule has 0 fully saturated rings. The highest BCUT2D eigenvalue weighted by molar-refractivity contribution is 6.30. The first-order valence-electron chi connectivity index (χ1n) is 8.73. The van der Waals surface area contributed by atoms with Gasteiger partial charge >= 0.3 is 12.1 Å². The molecule has 30 heavy (non-hydrogen) atoms. The van der Waals surface area contributed by atoms with Crippen LogP contribution in [-0.2, 0) is 27.0 Å². The Morgan fingerprint density at radius 1 is 1.00 bits per heavy atom. The third-order valence-corrected chi connectivity index (χ3v) is 4.18. The summed E-state index contributed by atoms with van der Waals surface area (Å²) in [6.45, 7) is 1.03. The highest BCUT2D eigenvalue weighted by Crippen LogP contribution is 2.29. The van der Waals surface area contributed by atoms with Crippen molar-refractivity contribution in [2.24, 2.45) is 0 Å². The minimum atomic E-state index is -4.51. The van der Waals surface area contributed by atoms with E-state index in [1.165, 1.54) is 6.92 Å². The summed E-state index contributed by atoms with van der Waals surface area (Å²) in [6, 6.07) is 10.3. The molecule has 2 rings (SSSR count). The molecule has 2 N–H and O–H groups in total. The lowest BCUT2D eigenvalue weighted by atomic mass is 10.1. The predicted molar refractivity (Wildman–Crippen MR) is 103 cm³/mol. The maximum Gasteiger partial charge on any atom is 0.416 e. The minimum absolute atomic E-state index is 0.0513. The number of rotatable bonds is 7. The van der Waals surface area contributed by atoms with Crippen LogP contribution < -0.4 is 10.6 Å². The van der Waals surface area contributed by atoms with E-state index in [0.29, 0.717) is 5.02 Å². The van der Waals surface area contributed by atoms with E-state index in [1.807, 2.05) is 0 Å². The topological polar surface area (TPSA) is 84.5 Å². The molecule has 0 aliphatic carbocycles. The summed E-state index contributed by atoms with van der Waals surface area (Å²) < 4.78 is 42.5. The molecule has 0 radical (unpaired) electrons. The molecule has 2 aromatic rings. The van der Waals surface area contributed by atoms with E-state index in [0.717, 1.165) is 29.8 Å². The summed E-state index contributed by atoms with van der Waals surface area (Å²) in [4.78, 5) is 35.7. The van der Waals surface area contributed by atoms with Gasteiger partial charge in [0.15, 0.2) is 6.10 Å². The van der Waals surface area contributed by atoms with Gasteiger partial charge in [0.2, 0.25) is 0 Å². The normalized spacial score (nSPS) is 12.0. The number of alkyl halides is 3. The second-order valence-electron chi connectivity index (χ2n) is 6.23. The number of carbonyl (C=O) groups excluding carboxylic acids is 3. The molecular weight excluding hydrogens is 425 g/mol. The van der Waals surface area contributed by atoms with Gasteiger partial charge in [-0.15, -0.1) is 0 Å². The molecule has 6 nitrogen and oxygen atoms in total. The molecule has 2 amide bonds. The molecule has 1 unspecified atom stereocenters. The zero-order valence-corrected chi connectivity index (χ0v) is 16.5. The lowest BCUT2D eigenvalue weighted by Crippen LogP contribution is -2.38. The SMILES string of the molecule is CC(OC(=O)CNC(=O)c1ccc(C(F)(F)F)cc1)C(=O)NCc1ccc(Cl)cc1. The van der Waals surface area contributed by atoms with Crippen molar-refractivity contribution in [3.05, 3.63) is 70.2 Å². The third-order valence-electron chi connectivity index (χ3n) is 3.93. The third kappa shape index (κ3) is 7.07. The van der Waals surface area contributed by atoms with Crippen molar-refractivity contribution in [2.75, 3.05) is 6.54 Å². The summed E-state index contributed by atoms with van der Waals surface area (Å²) in [5.41, 5.74) is -0.142. The van der Waals surface area contributed by atoms with E-state index in [2.05, 4.69) is 10.6 Å². The van der Waals surface area contributed by atoms with Gasteiger partial charge in [-0.1, -0.05) is 23.7 Å². The first-order valence-corrected chi connectivity index (χ1v) is 9.11. The van der Waals surface area contributed by atoms with Gasteiger partial charge in [-0.05, 0) is 48.9 Å². The summed E-state index contributed by atoms with van der Waals surface area (Å²) in [5.74, 6) is -2.16. The van der Waals surface area contributed by atoms with Gasteiger partial charge < -0.3 is 15.4 Å². The molecule has 2 aromatic carbocycles. The second-order valence-corrected chi connectivity index (χ2v) is 6.67. The number of amides is 2. The van der Waals surface area contributed by atoms with Crippen molar-refractivity contribution >= 4 is 29.4 Å². The van der Waals surface area contributed by atoms with Crippen LogP contribution in [0.1, 0.15) is 28.4 Å². The molecule has 160 valence electrons. The molecule has 0 saturated heterocycles. The molecule has 1 atom stereocenters. The zero-order valence-electron chi connectivity index (χ0n) is 15.8. The summed E-state index contributed by atoms with van der Waals surface area (Å²) >= 11 is 5.78. The van der Waals surface area contributed by atoms with Gasteiger partial charge in [0, 0.05) is 17.1 Å². The predicted octanol–water partition coefficient (Wildman–Crippen LogP) is 3.34. The Kier molecular flexibility index (Phi) is 7.82. The Labute approximate surface area is 175 Å². The maximum absolute atomic E-state index is 12.5. The lowest BCUT2D eigenvalue weighted by Gasteiger charge is -2.14. The van der Waals surface area contributed by atoms with Crippen LogP contribution in [0.4, 0.5) is 13.2 Å². The van der Waals surface area contributed by atoms with Crippen molar-refractivity contribution in [1.29, 1.82) is 0 Å². The number of hydrogen-bond donors (Lipinski definition) is 2. The Hall–Kier alpha value is -3.07. The second kappa shape index (κ2) is 10.1. The summed E-state index contributed by atoms with van der Waals surface area (Å²) in [6.07, 6.45) is -5.61. The van der Waals surface area contributed by atoms with Crippen LogP contribution in [0.3, 0.4) is 0 Å². The number of ether oxygens (including phenoxy) is 1. The van der Waals surface area contributed by atoms with Crippen LogP contribution in [0.25, 0.3) is 0 Å². The van der Waals surface area contributed by atoms with Crippen LogP contribution in [0.5, 0.6) is 0 Å². The van der Waals surface area contributed by atoms with Crippen LogP contribution in [-0.4, -0.2) is 30.4 Å². The van der Waals surface area contributed by atoms with Crippen molar-refractivity contribution in [3.63, 3.8) is 0 Å². The smallest absolute Gasteiger partial charge is 0.416 e. The van der Waals surface area contributed by atoms with Crippen LogP contribution in [0.2, 0.25) is 5.02 Å². The molecule has 10 heteroatoms. The maximum atomic E-state index is 12.5. The molecular formula is C20H18ClF3N2O4. The molecule has 0 aromatic heterocycles. The number of hydrogen-bond acceptors (Lipinski definition) is 4. The van der Waals surface area contributed by atoms with Crippen molar-refractivity contribution in [1.82, 2.24) is 10.6 Å². The van der Waals surface area contributed by atoms with Gasteiger partial charge in [-0.2, -0.15) is 13.2 Å². The highest BCUT2D eigenvalue weighted by atomic mass is 35.5. The lowest BCUT2D eigenvalue weighted by molar-refractivity contribution is -0.153. The molecule has 0 aliphatic rings. The number of halogens is 4. The number of carbonyl (C=O) groups is 3. The Morgan fingerprint density at radius 2 is 1.60 bits per heavy atom. The summed E-state index contributed by atoms with van der Waals surface area (Å²) in [7, 11) is 0. The average Bonchev–Trinajstić information content (AvgIpc) is 2.70. The number of nitrogens with one attached hydrogen (secondary N) is 2. The molecule has 0 spiro atoms. The Balaban J connectivity index is 1.76. The zero-order chi connectivity index (χ0) is 22.3. The fourth-order valence-electron chi connectivity index (χ4n) is 2.29. The fourth-order valence-corrected chi connectivity index (χ4v) is 2.42. The minimum Gasteiger partial charge on any atom is -0.451 e. The fraction of sp³-hybridized carbons (Fsp3) is 0.250. The van der Waals surface area contributed by atoms with Gasteiger partial charge in [-0.25, -0.2) is 0 Å². The highest BCUT2D eigenvalue weighted by Gasteiger charge is 2.30. The number of esters is 1. The van der Waals surface area contributed by atoms with Gasteiger partial charge in [0.05, 0.1) is 5.56 Å². The van der Waals surface area contributed by atoms with Crippen molar-refractivity contribution in [3.8, 4) is 0 Å². The first kappa shape index (κ1) is 23.2. The van der Waals surface area contributed by atoms with E-state index in [4.69, 9.17) is 16.3 Å². The quantitative estimate of drug-likeness (QED) is 0.644. The molecule has 0 bridgehead atoms. The van der Waals surface area contributed by atoms with Crippen LogP contribution in [0.15, 0.2) is 48.5 Å². The molecule has 0 aliphatic heterocycles. The van der Waals surface area contributed by atoms with Crippen LogP contribution in [0, 0.1) is 0 Å².